The van der Waals surface area contributed by atoms with Gasteiger partial charge in [0.25, 0.3) is 0 Å². The van der Waals surface area contributed by atoms with Gasteiger partial charge in [-0.25, -0.2) is 0 Å². The monoisotopic (exact) mass is 230 g/mol. The van der Waals surface area contributed by atoms with Gasteiger partial charge in [-0.05, 0) is 0 Å². The first kappa shape index (κ1) is 10.9. The predicted molar refractivity (Wildman–Crippen MR) is 34.9 cm³/mol. The summed E-state index contributed by atoms with van der Waals surface area (Å²) in [6.07, 6.45) is 2.67. The van der Waals surface area contributed by atoms with Crippen molar-refractivity contribution in [3.05, 3.63) is 0 Å². The van der Waals surface area contributed by atoms with Gasteiger partial charge < -0.3 is 5.48 Å². The minimum Gasteiger partial charge on any atom is -0.412 e. The Labute approximate surface area is 58.7 Å². The van der Waals surface area contributed by atoms with E-state index >= 15 is 0 Å². The molecule has 0 atom stereocenters. The van der Waals surface area contributed by atoms with Crippen LogP contribution < -0.4 is 0 Å². The summed E-state index contributed by atoms with van der Waals surface area (Å²) in [6, 6.07) is 0. The minimum atomic E-state index is -0.338. The molecule has 0 aromatic heterocycles. The summed E-state index contributed by atoms with van der Waals surface area (Å²) in [5.41, 5.74) is 0. The standard InChI is InChI=1S/C4H9.ClH.H2O.Sn/c1-3-4-2;;;/h1,3-4H2,2H3;1H;1H2;/q;;;+1/p-1. The maximum atomic E-state index is 5.55. The fourth-order valence-electron chi connectivity index (χ4n) is 0.244. The summed E-state index contributed by atoms with van der Waals surface area (Å²) in [6.45, 7) is 2.20. The minimum absolute atomic E-state index is 0. The fourth-order valence-corrected chi connectivity index (χ4v) is 2.53. The molecule has 0 amide bonds. The SMILES string of the molecule is CCC[CH2][Sn][Cl].O. The molecule has 0 bridgehead atoms. The van der Waals surface area contributed by atoms with Crippen LogP contribution in [0.2, 0.25) is 4.44 Å². The van der Waals surface area contributed by atoms with Crippen molar-refractivity contribution < 1.29 is 5.48 Å². The molecule has 0 rings (SSSR count). The zero-order valence-corrected chi connectivity index (χ0v) is 8.11. The van der Waals surface area contributed by atoms with Crippen molar-refractivity contribution in [2.24, 2.45) is 0 Å². The second kappa shape index (κ2) is 10.1. The first-order chi connectivity index (χ1) is 2.91. The summed E-state index contributed by atoms with van der Waals surface area (Å²) in [4.78, 5) is 0. The van der Waals surface area contributed by atoms with Gasteiger partial charge in [-0.15, -0.1) is 0 Å². The van der Waals surface area contributed by atoms with Crippen molar-refractivity contribution in [1.82, 2.24) is 0 Å². The number of hydrogen-bond donors (Lipinski definition) is 0. The van der Waals surface area contributed by atoms with Crippen molar-refractivity contribution in [2.75, 3.05) is 0 Å². The molecule has 0 aliphatic rings. The van der Waals surface area contributed by atoms with Gasteiger partial charge in [0.15, 0.2) is 0 Å². The zero-order chi connectivity index (χ0) is 4.83. The van der Waals surface area contributed by atoms with E-state index in [1.165, 1.54) is 17.3 Å². The molecule has 3 heteroatoms. The largest absolute Gasteiger partial charge is 0.412 e. The van der Waals surface area contributed by atoms with Crippen LogP contribution in [0.1, 0.15) is 19.8 Å². The molecule has 0 aromatic carbocycles. The van der Waals surface area contributed by atoms with Crippen LogP contribution in [0.4, 0.5) is 0 Å². The first-order valence-electron chi connectivity index (χ1n) is 2.25. The van der Waals surface area contributed by atoms with Crippen LogP contribution in [-0.4, -0.2) is 25.5 Å². The van der Waals surface area contributed by atoms with Gasteiger partial charge in [0.1, 0.15) is 0 Å². The van der Waals surface area contributed by atoms with Crippen LogP contribution in [0.25, 0.3) is 0 Å². The van der Waals surface area contributed by atoms with E-state index in [0.717, 1.165) is 0 Å². The summed E-state index contributed by atoms with van der Waals surface area (Å²) < 4.78 is 1.35. The quantitative estimate of drug-likeness (QED) is 0.515. The molecule has 0 unspecified atom stereocenters. The van der Waals surface area contributed by atoms with E-state index < -0.39 is 0 Å². The fraction of sp³-hybridized carbons (Fsp3) is 1.00. The van der Waals surface area contributed by atoms with Crippen molar-refractivity contribution in [3.63, 3.8) is 0 Å². The van der Waals surface area contributed by atoms with E-state index in [4.69, 9.17) is 8.92 Å². The van der Waals surface area contributed by atoms with E-state index in [-0.39, 0.29) is 25.5 Å². The van der Waals surface area contributed by atoms with Gasteiger partial charge in [0.2, 0.25) is 0 Å². The predicted octanol–water partition coefficient (Wildman–Crippen LogP) is 1.24. The summed E-state index contributed by atoms with van der Waals surface area (Å²) >= 11 is -0.338. The smallest absolute Gasteiger partial charge is 0.412 e. The molecule has 2 radical (unpaired) electrons. The van der Waals surface area contributed by atoms with Gasteiger partial charge in [-0.2, -0.15) is 0 Å². The second-order valence-electron chi connectivity index (χ2n) is 1.24. The van der Waals surface area contributed by atoms with Crippen molar-refractivity contribution in [1.29, 1.82) is 0 Å². The van der Waals surface area contributed by atoms with Crippen LogP contribution in [0.3, 0.4) is 0 Å². The second-order valence-corrected chi connectivity index (χ2v) is 5.22. The topological polar surface area (TPSA) is 31.5 Å². The van der Waals surface area contributed by atoms with Crippen LogP contribution >= 0.6 is 8.92 Å². The maximum absolute atomic E-state index is 5.55. The molecule has 0 fully saturated rings. The van der Waals surface area contributed by atoms with Gasteiger partial charge in [-0.3, -0.25) is 0 Å². The Morgan fingerprint density at radius 3 is 2.29 bits per heavy atom. The number of halogens is 1. The van der Waals surface area contributed by atoms with Crippen LogP contribution in [0.15, 0.2) is 0 Å². The number of rotatable bonds is 3. The molecular weight excluding hydrogens is 218 g/mol. The molecule has 0 heterocycles. The molecule has 7 heavy (non-hydrogen) atoms. The third-order valence-electron chi connectivity index (χ3n) is 0.625. The van der Waals surface area contributed by atoms with Crippen LogP contribution in [-0.2, 0) is 0 Å². The van der Waals surface area contributed by atoms with E-state index in [1.54, 1.807) is 0 Å². The molecule has 1 nitrogen and oxygen atoms in total. The molecular formula is C4H11ClOSn. The third-order valence-corrected chi connectivity index (χ3v) is 3.44. The Morgan fingerprint density at radius 1 is 1.57 bits per heavy atom. The summed E-state index contributed by atoms with van der Waals surface area (Å²) in [5.74, 6) is 0. The Hall–Kier alpha value is 1.05. The molecule has 0 saturated carbocycles. The van der Waals surface area contributed by atoms with Crippen LogP contribution in [0.5, 0.6) is 0 Å². The molecule has 0 aliphatic carbocycles. The Kier molecular flexibility index (Phi) is 15.8. The number of unbranched alkanes of at least 4 members (excludes halogenated alkanes) is 1. The van der Waals surface area contributed by atoms with Crippen molar-refractivity contribution >= 4 is 28.9 Å². The summed E-state index contributed by atoms with van der Waals surface area (Å²) in [7, 11) is 5.55. The van der Waals surface area contributed by atoms with Crippen molar-refractivity contribution in [3.8, 4) is 0 Å². The molecule has 0 aliphatic heterocycles. The molecule has 0 spiro atoms. The van der Waals surface area contributed by atoms with E-state index in [1.807, 2.05) is 0 Å². The number of hydrogen-bond acceptors (Lipinski definition) is 0. The van der Waals surface area contributed by atoms with Gasteiger partial charge >= 0.3 is 53.1 Å². The van der Waals surface area contributed by atoms with E-state index in [9.17, 15) is 0 Å². The van der Waals surface area contributed by atoms with E-state index in [2.05, 4.69) is 6.92 Å². The molecule has 0 aromatic rings. The molecule has 2 N–H and O–H groups in total. The van der Waals surface area contributed by atoms with Crippen LogP contribution in [0, 0.1) is 0 Å². The zero-order valence-electron chi connectivity index (χ0n) is 4.50. The van der Waals surface area contributed by atoms with Gasteiger partial charge in [0.05, 0.1) is 0 Å². The van der Waals surface area contributed by atoms with Gasteiger partial charge in [0, 0.05) is 0 Å². The first-order valence-corrected chi connectivity index (χ1v) is 7.88. The van der Waals surface area contributed by atoms with Gasteiger partial charge in [-0.1, -0.05) is 0 Å². The maximum Gasteiger partial charge on any atom is -0.412 e. The summed E-state index contributed by atoms with van der Waals surface area (Å²) in [5, 5.41) is 0. The Bertz CT molecular complexity index is 23.7. The molecule has 0 saturated heterocycles. The Morgan fingerprint density at radius 2 is 2.14 bits per heavy atom. The average Bonchev–Trinajstić information content (AvgIpc) is 1.61. The molecule has 44 valence electrons. The average molecular weight is 229 g/mol. The Balaban J connectivity index is 0. The third kappa shape index (κ3) is 11.0. The van der Waals surface area contributed by atoms with Crippen molar-refractivity contribution in [2.45, 2.75) is 24.2 Å². The van der Waals surface area contributed by atoms with E-state index in [0.29, 0.717) is 0 Å². The normalized spacial score (nSPS) is 7.71.